The summed E-state index contributed by atoms with van der Waals surface area (Å²) in [5.41, 5.74) is 4.82. The Morgan fingerprint density at radius 1 is 0.927 bits per heavy atom. The molecule has 1 aliphatic carbocycles. The fourth-order valence-corrected chi connectivity index (χ4v) is 5.66. The largest absolute Gasteiger partial charge is 0.496 e. The minimum absolute atomic E-state index is 0.0114. The number of nitrogens with zero attached hydrogens (tertiary/aromatic N) is 2. The van der Waals surface area contributed by atoms with E-state index >= 15 is 0 Å². The molecular formula is C35H38N2O4. The van der Waals surface area contributed by atoms with Gasteiger partial charge >= 0.3 is 5.97 Å². The summed E-state index contributed by atoms with van der Waals surface area (Å²) in [5, 5.41) is 1.68. The first-order chi connectivity index (χ1) is 19.8. The first-order valence-corrected chi connectivity index (χ1v) is 14.5. The molecule has 0 atom stereocenters. The number of benzene rings is 3. The van der Waals surface area contributed by atoms with Crippen LogP contribution in [0.3, 0.4) is 0 Å². The van der Waals surface area contributed by atoms with E-state index in [0.717, 1.165) is 64.5 Å². The fourth-order valence-electron chi connectivity index (χ4n) is 5.66. The van der Waals surface area contributed by atoms with Crippen molar-refractivity contribution in [3.05, 3.63) is 89.6 Å². The lowest BCUT2D eigenvalue weighted by Crippen LogP contribution is -2.37. The molecule has 0 unspecified atom stereocenters. The quantitative estimate of drug-likeness (QED) is 0.209. The van der Waals surface area contributed by atoms with E-state index in [9.17, 15) is 9.59 Å². The van der Waals surface area contributed by atoms with Crippen molar-refractivity contribution in [2.75, 3.05) is 12.0 Å². The number of hydrogen-bond donors (Lipinski definition) is 0. The second kappa shape index (κ2) is 12.5. The highest BCUT2D eigenvalue weighted by molar-refractivity contribution is 6.04. The van der Waals surface area contributed by atoms with Crippen LogP contribution in [0.4, 0.5) is 5.82 Å². The van der Waals surface area contributed by atoms with Crippen LogP contribution in [0, 0.1) is 12.8 Å². The van der Waals surface area contributed by atoms with Crippen LogP contribution in [-0.2, 0) is 16.1 Å². The number of aromatic nitrogens is 1. The number of aryl methyl sites for hydroxylation is 1. The van der Waals surface area contributed by atoms with Crippen LogP contribution in [-0.4, -0.2) is 30.1 Å². The van der Waals surface area contributed by atoms with Crippen molar-refractivity contribution in [3.63, 3.8) is 0 Å². The summed E-state index contributed by atoms with van der Waals surface area (Å²) >= 11 is 0. The topological polar surface area (TPSA) is 68.7 Å². The number of hydrogen-bond acceptors (Lipinski definition) is 5. The molecule has 41 heavy (non-hydrogen) atoms. The summed E-state index contributed by atoms with van der Waals surface area (Å²) in [4.78, 5) is 33.1. The number of ether oxygens (including phenoxy) is 2. The van der Waals surface area contributed by atoms with Crippen molar-refractivity contribution in [2.24, 2.45) is 5.92 Å². The third-order valence-electron chi connectivity index (χ3n) is 7.82. The molecule has 212 valence electrons. The fraction of sp³-hybridized carbons (Fsp3) is 0.343. The number of anilines is 1. The number of esters is 1. The lowest BCUT2D eigenvalue weighted by molar-refractivity contribution is -0.123. The van der Waals surface area contributed by atoms with Crippen molar-refractivity contribution in [1.29, 1.82) is 0 Å². The summed E-state index contributed by atoms with van der Waals surface area (Å²) in [6, 6.07) is 21.9. The molecule has 3 aromatic carbocycles. The molecule has 0 aliphatic heterocycles. The van der Waals surface area contributed by atoms with Gasteiger partial charge in [-0.3, -0.25) is 9.69 Å². The Hall–Kier alpha value is -4.19. The first kappa shape index (κ1) is 28.3. The normalized spacial score (nSPS) is 13.8. The zero-order valence-electron chi connectivity index (χ0n) is 24.4. The van der Waals surface area contributed by atoms with E-state index in [1.165, 1.54) is 6.42 Å². The van der Waals surface area contributed by atoms with Gasteiger partial charge < -0.3 is 9.47 Å². The first-order valence-electron chi connectivity index (χ1n) is 14.5. The van der Waals surface area contributed by atoms with Crippen LogP contribution in [0.5, 0.6) is 5.75 Å². The van der Waals surface area contributed by atoms with E-state index in [1.54, 1.807) is 19.4 Å². The van der Waals surface area contributed by atoms with Crippen LogP contribution in [0.1, 0.15) is 67.4 Å². The van der Waals surface area contributed by atoms with Crippen LogP contribution in [0.15, 0.2) is 72.9 Å². The van der Waals surface area contributed by atoms with Gasteiger partial charge in [0.05, 0.1) is 25.3 Å². The van der Waals surface area contributed by atoms with E-state index in [1.807, 2.05) is 49.9 Å². The van der Waals surface area contributed by atoms with Gasteiger partial charge in [0.2, 0.25) is 5.91 Å². The summed E-state index contributed by atoms with van der Waals surface area (Å²) in [6.07, 6.45) is 6.65. The maximum absolute atomic E-state index is 14.0. The molecule has 1 aliphatic rings. The van der Waals surface area contributed by atoms with Gasteiger partial charge in [-0.1, -0.05) is 49.6 Å². The molecule has 1 fully saturated rings. The van der Waals surface area contributed by atoms with Gasteiger partial charge in [0.1, 0.15) is 11.6 Å². The monoisotopic (exact) mass is 550 g/mol. The lowest BCUT2D eigenvalue weighted by Gasteiger charge is -2.29. The molecule has 0 radical (unpaired) electrons. The standard InChI is InChI=1S/C35H38N2O4/c1-23(2)41-35(39)30-14-16-31-29(21-30)18-19-36-33(31)37(34(38)27-8-6-5-7-9-27)22-25-10-12-26(13-11-25)28-15-17-32(40-4)24(3)20-28/h10-21,23,27H,5-9,22H2,1-4H3. The Balaban J connectivity index is 1.48. The van der Waals surface area contributed by atoms with E-state index in [4.69, 9.17) is 14.5 Å². The highest BCUT2D eigenvalue weighted by atomic mass is 16.5. The van der Waals surface area contributed by atoms with Crippen molar-refractivity contribution in [3.8, 4) is 16.9 Å². The van der Waals surface area contributed by atoms with Crippen LogP contribution >= 0.6 is 0 Å². The number of carbonyl (C=O) groups is 2. The van der Waals surface area contributed by atoms with E-state index < -0.39 is 0 Å². The van der Waals surface area contributed by atoms with E-state index in [-0.39, 0.29) is 23.9 Å². The van der Waals surface area contributed by atoms with E-state index in [2.05, 4.69) is 36.4 Å². The second-order valence-electron chi connectivity index (χ2n) is 11.2. The molecule has 4 aromatic rings. The van der Waals surface area contributed by atoms with Gasteiger partial charge in [0.15, 0.2) is 0 Å². The molecule has 5 rings (SSSR count). The molecule has 1 heterocycles. The Morgan fingerprint density at radius 3 is 2.34 bits per heavy atom. The van der Waals surface area contributed by atoms with Crippen molar-refractivity contribution < 1.29 is 19.1 Å². The van der Waals surface area contributed by atoms with Gasteiger partial charge in [-0.25, -0.2) is 9.78 Å². The molecule has 6 nitrogen and oxygen atoms in total. The molecule has 0 N–H and O–H groups in total. The SMILES string of the molecule is COc1ccc(-c2ccc(CN(C(=O)C3CCCCC3)c3nccc4cc(C(=O)OC(C)C)ccc34)cc2)cc1C. The van der Waals surface area contributed by atoms with Crippen LogP contribution in [0.2, 0.25) is 0 Å². The van der Waals surface area contributed by atoms with Crippen molar-refractivity contribution in [1.82, 2.24) is 4.98 Å². The summed E-state index contributed by atoms with van der Waals surface area (Å²) in [5.74, 6) is 1.23. The molecule has 1 saturated carbocycles. The number of pyridine rings is 1. The Bertz CT molecular complexity index is 1540. The summed E-state index contributed by atoms with van der Waals surface area (Å²) in [7, 11) is 1.68. The van der Waals surface area contributed by atoms with Gasteiger partial charge in [0, 0.05) is 17.5 Å². The predicted molar refractivity (Wildman–Crippen MR) is 163 cm³/mol. The van der Waals surface area contributed by atoms with Crippen molar-refractivity contribution >= 4 is 28.5 Å². The number of amides is 1. The van der Waals surface area contributed by atoms with E-state index in [0.29, 0.717) is 17.9 Å². The number of carbonyl (C=O) groups excluding carboxylic acids is 2. The van der Waals surface area contributed by atoms with Crippen LogP contribution < -0.4 is 9.64 Å². The third-order valence-corrected chi connectivity index (χ3v) is 7.82. The minimum atomic E-state index is -0.359. The van der Waals surface area contributed by atoms with Crippen LogP contribution in [0.25, 0.3) is 21.9 Å². The highest BCUT2D eigenvalue weighted by Crippen LogP contribution is 2.33. The maximum atomic E-state index is 14.0. The Kier molecular flexibility index (Phi) is 8.67. The zero-order valence-corrected chi connectivity index (χ0v) is 24.4. The van der Waals surface area contributed by atoms with Gasteiger partial charge in [-0.2, -0.15) is 0 Å². The smallest absolute Gasteiger partial charge is 0.338 e. The second-order valence-corrected chi connectivity index (χ2v) is 11.2. The number of fused-ring (bicyclic) bond motifs is 1. The zero-order chi connectivity index (χ0) is 28.9. The molecule has 0 bridgehead atoms. The average Bonchev–Trinajstić information content (AvgIpc) is 2.99. The maximum Gasteiger partial charge on any atom is 0.338 e. The summed E-state index contributed by atoms with van der Waals surface area (Å²) in [6.45, 7) is 6.12. The van der Waals surface area contributed by atoms with Gasteiger partial charge in [-0.15, -0.1) is 0 Å². The van der Waals surface area contributed by atoms with Gasteiger partial charge in [0.25, 0.3) is 0 Å². The molecule has 1 aromatic heterocycles. The number of rotatable bonds is 8. The molecule has 6 heteroatoms. The van der Waals surface area contributed by atoms with Gasteiger partial charge in [-0.05, 0) is 97.7 Å². The molecular weight excluding hydrogens is 512 g/mol. The minimum Gasteiger partial charge on any atom is -0.496 e. The average molecular weight is 551 g/mol. The Labute approximate surface area is 242 Å². The molecule has 0 spiro atoms. The predicted octanol–water partition coefficient (Wildman–Crippen LogP) is 7.90. The third kappa shape index (κ3) is 6.43. The molecule has 0 saturated heterocycles. The Morgan fingerprint density at radius 2 is 1.66 bits per heavy atom. The van der Waals surface area contributed by atoms with Crippen molar-refractivity contribution in [2.45, 2.75) is 65.5 Å². The molecule has 1 amide bonds. The lowest BCUT2D eigenvalue weighted by atomic mass is 9.88. The summed E-state index contributed by atoms with van der Waals surface area (Å²) < 4.78 is 10.8. The number of methoxy groups -OCH3 is 1. The highest BCUT2D eigenvalue weighted by Gasteiger charge is 2.29.